The Hall–Kier alpha value is -0.980. The Labute approximate surface area is 106 Å². The van der Waals surface area contributed by atoms with Gasteiger partial charge in [0.15, 0.2) is 0 Å². The van der Waals surface area contributed by atoms with Crippen molar-refractivity contribution in [3.05, 3.63) is 35.6 Å². The molecule has 2 N–H and O–H groups in total. The fourth-order valence-corrected chi connectivity index (χ4v) is 3.48. The molecule has 0 aliphatic carbocycles. The van der Waals surface area contributed by atoms with E-state index in [9.17, 15) is 12.8 Å². The quantitative estimate of drug-likeness (QED) is 0.895. The number of primary sulfonamides is 1. The molecule has 1 aromatic carbocycles. The van der Waals surface area contributed by atoms with Gasteiger partial charge in [0.2, 0.25) is 10.0 Å². The maximum absolute atomic E-state index is 13.5. The predicted molar refractivity (Wildman–Crippen MR) is 65.9 cm³/mol. The van der Waals surface area contributed by atoms with Crippen molar-refractivity contribution >= 4 is 10.0 Å². The zero-order valence-electron chi connectivity index (χ0n) is 9.88. The first-order valence-electron chi connectivity index (χ1n) is 5.81. The number of ether oxygens (including phenoxy) is 1. The maximum Gasteiger partial charge on any atom is 0.212 e. The normalized spacial score (nSPS) is 25.0. The zero-order chi connectivity index (χ0) is 13.2. The van der Waals surface area contributed by atoms with Crippen molar-refractivity contribution in [2.45, 2.75) is 18.1 Å². The highest BCUT2D eigenvalue weighted by Gasteiger charge is 2.34. The van der Waals surface area contributed by atoms with Crippen molar-refractivity contribution < 1.29 is 17.5 Å². The third-order valence-corrected chi connectivity index (χ3v) is 4.73. The molecule has 2 atom stereocenters. The van der Waals surface area contributed by atoms with E-state index in [0.717, 1.165) is 0 Å². The van der Waals surface area contributed by atoms with Gasteiger partial charge in [-0.25, -0.2) is 17.9 Å². The smallest absolute Gasteiger partial charge is 0.212 e. The van der Waals surface area contributed by atoms with Gasteiger partial charge in [0.25, 0.3) is 0 Å². The number of halogens is 1. The van der Waals surface area contributed by atoms with Crippen molar-refractivity contribution in [1.29, 1.82) is 0 Å². The van der Waals surface area contributed by atoms with Gasteiger partial charge in [-0.2, -0.15) is 0 Å². The standard InChI is InChI=1S/C12H16FNO3S/c13-11-4-2-1-3-9(11)7-10-8-17-6-5-12(10)18(14,15)16/h1-4,10,12H,5-8H2,(H2,14,15,16). The molecule has 1 aliphatic rings. The van der Waals surface area contributed by atoms with Crippen molar-refractivity contribution in [3.8, 4) is 0 Å². The fourth-order valence-electron chi connectivity index (χ4n) is 2.35. The number of nitrogens with two attached hydrogens (primary N) is 1. The van der Waals surface area contributed by atoms with Crippen LogP contribution in [-0.2, 0) is 21.2 Å². The average Bonchev–Trinajstić information content (AvgIpc) is 2.31. The molecule has 1 fully saturated rings. The fraction of sp³-hybridized carbons (Fsp3) is 0.500. The molecule has 1 aromatic rings. The number of rotatable bonds is 3. The van der Waals surface area contributed by atoms with Gasteiger partial charge in [-0.3, -0.25) is 0 Å². The minimum Gasteiger partial charge on any atom is -0.381 e. The van der Waals surface area contributed by atoms with Gasteiger partial charge in [0.05, 0.1) is 11.9 Å². The van der Waals surface area contributed by atoms with Crippen LogP contribution in [-0.4, -0.2) is 26.9 Å². The van der Waals surface area contributed by atoms with Crippen LogP contribution < -0.4 is 5.14 Å². The van der Waals surface area contributed by atoms with Gasteiger partial charge in [-0.15, -0.1) is 0 Å². The first-order valence-corrected chi connectivity index (χ1v) is 7.42. The molecular formula is C12H16FNO3S. The van der Waals surface area contributed by atoms with E-state index in [-0.39, 0.29) is 11.7 Å². The Morgan fingerprint density at radius 1 is 1.39 bits per heavy atom. The van der Waals surface area contributed by atoms with Crippen LogP contribution in [0.1, 0.15) is 12.0 Å². The van der Waals surface area contributed by atoms with E-state index >= 15 is 0 Å². The van der Waals surface area contributed by atoms with Crippen molar-refractivity contribution in [2.75, 3.05) is 13.2 Å². The van der Waals surface area contributed by atoms with Crippen molar-refractivity contribution in [3.63, 3.8) is 0 Å². The molecule has 0 saturated carbocycles. The van der Waals surface area contributed by atoms with Gasteiger partial charge in [0.1, 0.15) is 5.82 Å². The molecule has 0 radical (unpaired) electrons. The zero-order valence-corrected chi connectivity index (χ0v) is 10.7. The largest absolute Gasteiger partial charge is 0.381 e. The minimum atomic E-state index is -3.61. The summed E-state index contributed by atoms with van der Waals surface area (Å²) in [6.07, 6.45) is 0.700. The van der Waals surface area contributed by atoms with Crippen LogP contribution in [0.2, 0.25) is 0 Å². The van der Waals surface area contributed by atoms with Crippen molar-refractivity contribution in [2.24, 2.45) is 11.1 Å². The van der Waals surface area contributed by atoms with E-state index < -0.39 is 15.3 Å². The summed E-state index contributed by atoms with van der Waals surface area (Å²) < 4.78 is 41.8. The summed E-state index contributed by atoms with van der Waals surface area (Å²) in [4.78, 5) is 0. The summed E-state index contributed by atoms with van der Waals surface area (Å²) in [7, 11) is -3.61. The first kappa shape index (κ1) is 13.5. The summed E-state index contributed by atoms with van der Waals surface area (Å²) in [5.41, 5.74) is 0.502. The molecule has 6 heteroatoms. The molecule has 0 spiro atoms. The molecule has 1 saturated heterocycles. The molecule has 18 heavy (non-hydrogen) atoms. The molecule has 2 rings (SSSR count). The van der Waals surface area contributed by atoms with E-state index in [0.29, 0.717) is 31.6 Å². The second-order valence-electron chi connectivity index (χ2n) is 4.55. The summed E-state index contributed by atoms with van der Waals surface area (Å²) in [5.74, 6) is -0.609. The van der Waals surface area contributed by atoms with Gasteiger partial charge >= 0.3 is 0 Å². The lowest BCUT2D eigenvalue weighted by Gasteiger charge is -2.30. The van der Waals surface area contributed by atoms with Crippen LogP contribution in [0.5, 0.6) is 0 Å². The highest BCUT2D eigenvalue weighted by Crippen LogP contribution is 2.25. The average molecular weight is 273 g/mol. The number of hydrogen-bond donors (Lipinski definition) is 1. The van der Waals surface area contributed by atoms with E-state index in [2.05, 4.69) is 0 Å². The first-order chi connectivity index (χ1) is 8.48. The third-order valence-electron chi connectivity index (χ3n) is 3.27. The van der Waals surface area contributed by atoms with Crippen LogP contribution in [0.25, 0.3) is 0 Å². The minimum absolute atomic E-state index is 0.286. The highest BCUT2D eigenvalue weighted by molar-refractivity contribution is 7.89. The van der Waals surface area contributed by atoms with Crippen LogP contribution >= 0.6 is 0 Å². The molecule has 0 amide bonds. The summed E-state index contributed by atoms with van der Waals surface area (Å²) in [6, 6.07) is 6.36. The van der Waals surface area contributed by atoms with Gasteiger partial charge < -0.3 is 4.74 Å². The van der Waals surface area contributed by atoms with Crippen molar-refractivity contribution in [1.82, 2.24) is 0 Å². The molecule has 0 aromatic heterocycles. The number of benzene rings is 1. The van der Waals surface area contributed by atoms with Crippen LogP contribution in [0.4, 0.5) is 4.39 Å². The number of sulfonamides is 1. The van der Waals surface area contributed by atoms with Gasteiger partial charge in [0, 0.05) is 12.5 Å². The summed E-state index contributed by atoms with van der Waals surface area (Å²) >= 11 is 0. The Bertz CT molecular complexity index is 518. The van der Waals surface area contributed by atoms with E-state index in [1.54, 1.807) is 18.2 Å². The van der Waals surface area contributed by atoms with Crippen LogP contribution in [0, 0.1) is 11.7 Å². The lowest BCUT2D eigenvalue weighted by atomic mass is 9.93. The molecule has 2 unspecified atom stereocenters. The lowest BCUT2D eigenvalue weighted by Crippen LogP contribution is -2.42. The Kier molecular flexibility index (Phi) is 3.99. The van der Waals surface area contributed by atoms with E-state index in [1.165, 1.54) is 6.07 Å². The van der Waals surface area contributed by atoms with E-state index in [1.807, 2.05) is 0 Å². The highest BCUT2D eigenvalue weighted by atomic mass is 32.2. The summed E-state index contributed by atoms with van der Waals surface area (Å²) in [6.45, 7) is 0.685. The molecule has 1 aliphatic heterocycles. The topological polar surface area (TPSA) is 69.4 Å². The maximum atomic E-state index is 13.5. The van der Waals surface area contributed by atoms with E-state index in [4.69, 9.17) is 9.88 Å². The van der Waals surface area contributed by atoms with Crippen LogP contribution in [0.15, 0.2) is 24.3 Å². The Morgan fingerprint density at radius 3 is 2.78 bits per heavy atom. The second kappa shape index (κ2) is 5.34. The number of hydrogen-bond acceptors (Lipinski definition) is 3. The summed E-state index contributed by atoms with van der Waals surface area (Å²) in [5, 5.41) is 4.57. The van der Waals surface area contributed by atoms with Gasteiger partial charge in [-0.05, 0) is 24.5 Å². The van der Waals surface area contributed by atoms with Crippen LogP contribution in [0.3, 0.4) is 0 Å². The predicted octanol–water partition coefficient (Wildman–Crippen LogP) is 1.06. The molecule has 100 valence electrons. The molecule has 0 bridgehead atoms. The Balaban J connectivity index is 2.18. The molecule has 4 nitrogen and oxygen atoms in total. The molecular weight excluding hydrogens is 257 g/mol. The second-order valence-corrected chi connectivity index (χ2v) is 6.33. The molecule has 1 heterocycles. The van der Waals surface area contributed by atoms with Gasteiger partial charge in [-0.1, -0.05) is 18.2 Å². The lowest BCUT2D eigenvalue weighted by molar-refractivity contribution is 0.0570. The SMILES string of the molecule is NS(=O)(=O)C1CCOCC1Cc1ccccc1F. The monoisotopic (exact) mass is 273 g/mol. The third kappa shape index (κ3) is 3.07. The Morgan fingerprint density at radius 2 is 2.11 bits per heavy atom.